The number of nitrogens with zero attached hydrogens (tertiary/aromatic N) is 2. The summed E-state index contributed by atoms with van der Waals surface area (Å²) in [5.74, 6) is -0.0535. The monoisotopic (exact) mass is 398 g/mol. The largest absolute Gasteiger partial charge is 0.371 e. The van der Waals surface area contributed by atoms with Gasteiger partial charge in [0.25, 0.3) is 5.69 Å². The summed E-state index contributed by atoms with van der Waals surface area (Å²) in [6, 6.07) is 3.68. The minimum atomic E-state index is -3.79. The van der Waals surface area contributed by atoms with Crippen LogP contribution in [0.3, 0.4) is 0 Å². The number of nitro groups is 1. The van der Waals surface area contributed by atoms with Crippen LogP contribution in [0.5, 0.6) is 0 Å². The second kappa shape index (κ2) is 8.66. The molecule has 1 amide bonds. The summed E-state index contributed by atoms with van der Waals surface area (Å²) in [5.41, 5.74) is -0.275. The van der Waals surface area contributed by atoms with Gasteiger partial charge in [-0.1, -0.05) is 6.92 Å². The van der Waals surface area contributed by atoms with Crippen molar-refractivity contribution in [1.29, 1.82) is 0 Å². The highest BCUT2D eigenvalue weighted by Gasteiger charge is 2.30. The minimum Gasteiger partial charge on any atom is -0.371 e. The van der Waals surface area contributed by atoms with Crippen molar-refractivity contribution in [3.05, 3.63) is 28.3 Å². The third-order valence-corrected chi connectivity index (χ3v) is 6.17. The Balaban J connectivity index is 2.24. The van der Waals surface area contributed by atoms with E-state index in [-0.39, 0.29) is 40.7 Å². The molecule has 0 bridgehead atoms. The quantitative estimate of drug-likeness (QED) is 0.535. The van der Waals surface area contributed by atoms with E-state index in [2.05, 4.69) is 10.6 Å². The highest BCUT2D eigenvalue weighted by molar-refractivity contribution is 7.89. The topological polar surface area (TPSA) is 122 Å². The molecule has 0 spiro atoms. The predicted molar refractivity (Wildman–Crippen MR) is 102 cm³/mol. The van der Waals surface area contributed by atoms with Gasteiger partial charge in [-0.3, -0.25) is 14.9 Å². The third kappa shape index (κ3) is 5.39. The molecule has 0 aliphatic carbocycles. The van der Waals surface area contributed by atoms with Crippen molar-refractivity contribution in [2.24, 2.45) is 5.92 Å². The van der Waals surface area contributed by atoms with E-state index in [1.54, 1.807) is 0 Å². The number of nitro benzene ring substituents is 1. The zero-order chi connectivity index (χ0) is 20.2. The maximum atomic E-state index is 12.8. The summed E-state index contributed by atoms with van der Waals surface area (Å²) in [4.78, 5) is 22.4. The van der Waals surface area contributed by atoms with Crippen LogP contribution in [0, 0.1) is 16.0 Å². The molecule has 0 aromatic heterocycles. The van der Waals surface area contributed by atoms with Gasteiger partial charge in [0.1, 0.15) is 5.69 Å². The lowest BCUT2D eigenvalue weighted by atomic mass is 10.0. The number of amides is 1. The van der Waals surface area contributed by atoms with Gasteiger partial charge in [-0.25, -0.2) is 8.42 Å². The smallest absolute Gasteiger partial charge is 0.293 e. The predicted octanol–water partition coefficient (Wildman–Crippen LogP) is 1.95. The molecule has 1 aliphatic heterocycles. The van der Waals surface area contributed by atoms with Gasteiger partial charge in [0.2, 0.25) is 15.9 Å². The van der Waals surface area contributed by atoms with E-state index in [0.29, 0.717) is 13.1 Å². The molecule has 10 heteroatoms. The van der Waals surface area contributed by atoms with Gasteiger partial charge in [-0.15, -0.1) is 0 Å². The van der Waals surface area contributed by atoms with E-state index in [1.807, 2.05) is 20.8 Å². The van der Waals surface area contributed by atoms with Gasteiger partial charge < -0.3 is 10.6 Å². The third-order valence-electron chi connectivity index (χ3n) is 4.31. The van der Waals surface area contributed by atoms with Crippen LogP contribution in [-0.2, 0) is 14.8 Å². The Morgan fingerprint density at radius 1 is 1.41 bits per heavy atom. The van der Waals surface area contributed by atoms with Crippen molar-refractivity contribution in [2.75, 3.05) is 25.0 Å². The number of sulfonamides is 1. The number of hydrogen-bond acceptors (Lipinski definition) is 6. The molecular formula is C17H26N4O5S. The number of carbonyl (C=O) groups is 1. The first-order valence-electron chi connectivity index (χ1n) is 8.93. The number of rotatable bonds is 7. The summed E-state index contributed by atoms with van der Waals surface area (Å²) in [6.07, 6.45) is 1.74. The van der Waals surface area contributed by atoms with E-state index in [1.165, 1.54) is 16.4 Å². The Kier molecular flexibility index (Phi) is 6.77. The first kappa shape index (κ1) is 21.1. The number of benzene rings is 1. The maximum Gasteiger partial charge on any atom is 0.293 e. The van der Waals surface area contributed by atoms with Crippen molar-refractivity contribution in [1.82, 2.24) is 9.62 Å². The van der Waals surface area contributed by atoms with Gasteiger partial charge in [0.05, 0.1) is 16.4 Å². The van der Waals surface area contributed by atoms with Crippen LogP contribution in [0.2, 0.25) is 0 Å². The fourth-order valence-electron chi connectivity index (χ4n) is 3.03. The first-order valence-corrected chi connectivity index (χ1v) is 10.4. The molecule has 2 rings (SSSR count). The van der Waals surface area contributed by atoms with E-state index in [0.717, 1.165) is 18.9 Å². The fourth-order valence-corrected chi connectivity index (χ4v) is 4.65. The fraction of sp³-hybridized carbons (Fsp3) is 0.588. The van der Waals surface area contributed by atoms with Gasteiger partial charge in [-0.05, 0) is 44.7 Å². The van der Waals surface area contributed by atoms with Gasteiger partial charge >= 0.3 is 0 Å². The maximum absolute atomic E-state index is 12.8. The molecule has 1 aromatic rings. The summed E-state index contributed by atoms with van der Waals surface area (Å²) in [6.45, 7) is 6.28. The zero-order valence-electron chi connectivity index (χ0n) is 15.8. The average molecular weight is 398 g/mol. The molecule has 1 aliphatic rings. The second-order valence-electron chi connectivity index (χ2n) is 7.12. The number of nitrogens with one attached hydrogen (secondary N) is 2. The molecule has 0 radical (unpaired) electrons. The van der Waals surface area contributed by atoms with E-state index < -0.39 is 14.9 Å². The summed E-state index contributed by atoms with van der Waals surface area (Å²) in [5, 5.41) is 16.8. The van der Waals surface area contributed by atoms with Crippen LogP contribution in [0.1, 0.15) is 33.6 Å². The Morgan fingerprint density at radius 2 is 2.11 bits per heavy atom. The van der Waals surface area contributed by atoms with Crippen LogP contribution in [0.25, 0.3) is 0 Å². The normalized spacial score (nSPS) is 18.3. The molecule has 9 nitrogen and oxygen atoms in total. The Morgan fingerprint density at radius 3 is 2.70 bits per heavy atom. The SMILES string of the molecule is CC(C)NC(=O)CNc1ccc(S(=O)(=O)N2CCC[C@@H](C)C2)cc1[N+](=O)[O-]. The Labute approximate surface area is 159 Å². The second-order valence-corrected chi connectivity index (χ2v) is 9.06. The lowest BCUT2D eigenvalue weighted by molar-refractivity contribution is -0.384. The number of carbonyl (C=O) groups excluding carboxylic acids is 1. The van der Waals surface area contributed by atoms with Crippen molar-refractivity contribution in [2.45, 2.75) is 44.6 Å². The van der Waals surface area contributed by atoms with Crippen molar-refractivity contribution in [3.8, 4) is 0 Å². The first-order chi connectivity index (χ1) is 12.6. The van der Waals surface area contributed by atoms with Crippen molar-refractivity contribution < 1.29 is 18.1 Å². The minimum absolute atomic E-state index is 0.0475. The molecule has 0 saturated carbocycles. The lowest BCUT2D eigenvalue weighted by Crippen LogP contribution is -2.39. The van der Waals surface area contributed by atoms with Crippen LogP contribution in [0.4, 0.5) is 11.4 Å². The molecule has 1 heterocycles. The molecule has 27 heavy (non-hydrogen) atoms. The number of hydrogen-bond donors (Lipinski definition) is 2. The zero-order valence-corrected chi connectivity index (χ0v) is 16.6. The Bertz CT molecular complexity index is 810. The molecule has 2 N–H and O–H groups in total. The average Bonchev–Trinajstić information content (AvgIpc) is 2.59. The summed E-state index contributed by atoms with van der Waals surface area (Å²) in [7, 11) is -3.79. The highest BCUT2D eigenvalue weighted by Crippen LogP contribution is 2.30. The highest BCUT2D eigenvalue weighted by atomic mass is 32.2. The summed E-state index contributed by atoms with van der Waals surface area (Å²) >= 11 is 0. The van der Waals surface area contributed by atoms with E-state index >= 15 is 0 Å². The molecule has 1 fully saturated rings. The molecule has 1 aromatic carbocycles. The standard InChI is InChI=1S/C17H26N4O5S/c1-12(2)19-17(22)10-18-15-7-6-14(9-16(15)21(23)24)27(25,26)20-8-4-5-13(3)11-20/h6-7,9,12-13,18H,4-5,8,10-11H2,1-3H3,(H,19,22)/t13-/m1/s1. The van der Waals surface area contributed by atoms with E-state index in [4.69, 9.17) is 0 Å². The molecular weight excluding hydrogens is 372 g/mol. The van der Waals surface area contributed by atoms with Crippen LogP contribution < -0.4 is 10.6 Å². The Hall–Kier alpha value is -2.20. The van der Waals surface area contributed by atoms with Gasteiger partial charge in [-0.2, -0.15) is 4.31 Å². The molecule has 0 unspecified atom stereocenters. The van der Waals surface area contributed by atoms with Crippen LogP contribution >= 0.6 is 0 Å². The summed E-state index contributed by atoms with van der Waals surface area (Å²) < 4.78 is 27.0. The van der Waals surface area contributed by atoms with Crippen LogP contribution in [-0.4, -0.2) is 49.2 Å². The number of anilines is 1. The number of piperidine rings is 1. The van der Waals surface area contributed by atoms with Crippen molar-refractivity contribution >= 4 is 27.3 Å². The molecule has 150 valence electrons. The van der Waals surface area contributed by atoms with Gasteiger partial charge in [0.15, 0.2) is 0 Å². The molecule has 1 saturated heterocycles. The van der Waals surface area contributed by atoms with E-state index in [9.17, 15) is 23.3 Å². The lowest BCUT2D eigenvalue weighted by Gasteiger charge is -2.30. The molecule has 1 atom stereocenters. The van der Waals surface area contributed by atoms with Gasteiger partial charge in [0, 0.05) is 25.2 Å². The van der Waals surface area contributed by atoms with Crippen molar-refractivity contribution in [3.63, 3.8) is 0 Å². The van der Waals surface area contributed by atoms with Crippen LogP contribution in [0.15, 0.2) is 23.1 Å².